The molecule has 0 fully saturated rings. The third-order valence-corrected chi connectivity index (χ3v) is 6.11. The standard InChI is InChI=1S/C27H34N2O5S/c1-7-33-21-10-8-9-20(16-21)24-17-28-25(35-24)18-29(26(30)34-27(2,3)4)14-13-19-11-12-22(31-5)23(15-19)32-6/h8-12,15-17H,7,13-14,18H2,1-6H3. The van der Waals surface area contributed by atoms with E-state index >= 15 is 0 Å². The lowest BCUT2D eigenvalue weighted by Crippen LogP contribution is -2.37. The van der Waals surface area contributed by atoms with Crippen molar-refractivity contribution in [3.05, 3.63) is 59.2 Å². The van der Waals surface area contributed by atoms with E-state index in [1.54, 1.807) is 30.5 Å². The number of hydrogen-bond donors (Lipinski definition) is 0. The van der Waals surface area contributed by atoms with Crippen molar-refractivity contribution in [2.24, 2.45) is 0 Å². The molecule has 0 saturated carbocycles. The van der Waals surface area contributed by atoms with Crippen molar-refractivity contribution in [2.45, 2.75) is 46.3 Å². The van der Waals surface area contributed by atoms with E-state index in [2.05, 4.69) is 4.98 Å². The molecule has 1 aromatic heterocycles. The number of benzene rings is 2. The van der Waals surface area contributed by atoms with Gasteiger partial charge in [-0.15, -0.1) is 11.3 Å². The lowest BCUT2D eigenvalue weighted by Gasteiger charge is -2.27. The first-order valence-corrected chi connectivity index (χ1v) is 12.4. The summed E-state index contributed by atoms with van der Waals surface area (Å²) in [6, 6.07) is 13.7. The quantitative estimate of drug-likeness (QED) is 0.331. The minimum Gasteiger partial charge on any atom is -0.494 e. The van der Waals surface area contributed by atoms with Gasteiger partial charge in [0, 0.05) is 12.7 Å². The molecule has 1 heterocycles. The molecule has 0 aliphatic heterocycles. The Hall–Kier alpha value is -3.26. The van der Waals surface area contributed by atoms with Crippen LogP contribution in [-0.2, 0) is 17.7 Å². The molecule has 3 aromatic rings. The molecule has 2 aromatic carbocycles. The van der Waals surface area contributed by atoms with E-state index in [1.165, 1.54) is 0 Å². The minimum absolute atomic E-state index is 0.359. The summed E-state index contributed by atoms with van der Waals surface area (Å²) < 4.78 is 22.0. The van der Waals surface area contributed by atoms with Crippen LogP contribution in [0.2, 0.25) is 0 Å². The number of amides is 1. The number of thiazole rings is 1. The first kappa shape index (κ1) is 26.3. The molecule has 0 spiro atoms. The highest BCUT2D eigenvalue weighted by molar-refractivity contribution is 7.15. The molecule has 0 aliphatic carbocycles. The topological polar surface area (TPSA) is 70.1 Å². The molecule has 0 radical (unpaired) electrons. The van der Waals surface area contributed by atoms with Crippen LogP contribution in [0.15, 0.2) is 48.7 Å². The first-order valence-electron chi connectivity index (χ1n) is 11.6. The molecular formula is C27H34N2O5S. The number of carbonyl (C=O) groups is 1. The summed E-state index contributed by atoms with van der Waals surface area (Å²) in [7, 11) is 3.22. The molecule has 0 aliphatic rings. The Bertz CT molecular complexity index is 1120. The molecule has 0 atom stereocenters. The summed E-state index contributed by atoms with van der Waals surface area (Å²) in [5.41, 5.74) is 1.48. The molecular weight excluding hydrogens is 464 g/mol. The summed E-state index contributed by atoms with van der Waals surface area (Å²) in [6.45, 7) is 9.00. The van der Waals surface area contributed by atoms with Crippen LogP contribution in [0.25, 0.3) is 10.4 Å². The Morgan fingerprint density at radius 1 is 1.06 bits per heavy atom. The number of aromatic nitrogens is 1. The molecule has 8 heteroatoms. The van der Waals surface area contributed by atoms with Gasteiger partial charge < -0.3 is 23.8 Å². The van der Waals surface area contributed by atoms with Gasteiger partial charge in [-0.2, -0.15) is 0 Å². The maximum atomic E-state index is 13.0. The third-order valence-electron chi connectivity index (χ3n) is 5.08. The van der Waals surface area contributed by atoms with Crippen molar-refractivity contribution < 1.29 is 23.7 Å². The van der Waals surface area contributed by atoms with Crippen LogP contribution in [0.5, 0.6) is 17.2 Å². The Labute approximate surface area is 211 Å². The first-order chi connectivity index (χ1) is 16.7. The summed E-state index contributed by atoms with van der Waals surface area (Å²) in [6.07, 6.45) is 2.11. The van der Waals surface area contributed by atoms with Crippen molar-refractivity contribution >= 4 is 17.4 Å². The van der Waals surface area contributed by atoms with E-state index < -0.39 is 5.60 Å². The average Bonchev–Trinajstić information content (AvgIpc) is 3.29. The summed E-state index contributed by atoms with van der Waals surface area (Å²) in [5.74, 6) is 2.15. The molecule has 188 valence electrons. The van der Waals surface area contributed by atoms with Crippen molar-refractivity contribution in [1.82, 2.24) is 9.88 Å². The van der Waals surface area contributed by atoms with Gasteiger partial charge in [0.15, 0.2) is 11.5 Å². The van der Waals surface area contributed by atoms with Crippen molar-refractivity contribution in [3.63, 3.8) is 0 Å². The fourth-order valence-corrected chi connectivity index (χ4v) is 4.38. The summed E-state index contributed by atoms with van der Waals surface area (Å²) >= 11 is 1.56. The highest BCUT2D eigenvalue weighted by atomic mass is 32.1. The maximum Gasteiger partial charge on any atom is 0.410 e. The second-order valence-corrected chi connectivity index (χ2v) is 10.0. The number of carbonyl (C=O) groups excluding carboxylic acids is 1. The second kappa shape index (κ2) is 11.9. The Balaban J connectivity index is 1.77. The van der Waals surface area contributed by atoms with Crippen LogP contribution >= 0.6 is 11.3 Å². The zero-order valence-electron chi connectivity index (χ0n) is 21.3. The van der Waals surface area contributed by atoms with Gasteiger partial charge in [0.05, 0.1) is 32.2 Å². The fraction of sp³-hybridized carbons (Fsp3) is 0.407. The Morgan fingerprint density at radius 2 is 1.83 bits per heavy atom. The monoisotopic (exact) mass is 498 g/mol. The normalized spacial score (nSPS) is 11.1. The minimum atomic E-state index is -0.591. The van der Waals surface area contributed by atoms with Gasteiger partial charge in [-0.3, -0.25) is 0 Å². The van der Waals surface area contributed by atoms with Gasteiger partial charge in [0.2, 0.25) is 0 Å². The number of rotatable bonds is 10. The van der Waals surface area contributed by atoms with Crippen molar-refractivity contribution in [3.8, 4) is 27.7 Å². The van der Waals surface area contributed by atoms with E-state index in [-0.39, 0.29) is 6.09 Å². The highest BCUT2D eigenvalue weighted by Crippen LogP contribution is 2.30. The molecule has 0 bridgehead atoms. The van der Waals surface area contributed by atoms with Gasteiger partial charge in [-0.05, 0) is 69.5 Å². The predicted molar refractivity (Wildman–Crippen MR) is 139 cm³/mol. The lowest BCUT2D eigenvalue weighted by molar-refractivity contribution is 0.0235. The summed E-state index contributed by atoms with van der Waals surface area (Å²) in [5, 5.41) is 0.833. The zero-order valence-corrected chi connectivity index (χ0v) is 22.1. The van der Waals surface area contributed by atoms with Gasteiger partial charge >= 0.3 is 6.09 Å². The van der Waals surface area contributed by atoms with E-state index in [9.17, 15) is 4.79 Å². The van der Waals surface area contributed by atoms with Crippen LogP contribution in [0.3, 0.4) is 0 Å². The molecule has 1 amide bonds. The largest absolute Gasteiger partial charge is 0.494 e. The van der Waals surface area contributed by atoms with Gasteiger partial charge in [0.25, 0.3) is 0 Å². The van der Waals surface area contributed by atoms with Gasteiger partial charge in [-0.1, -0.05) is 18.2 Å². The average molecular weight is 499 g/mol. The van der Waals surface area contributed by atoms with Crippen LogP contribution in [0, 0.1) is 0 Å². The maximum absolute atomic E-state index is 13.0. The molecule has 7 nitrogen and oxygen atoms in total. The fourth-order valence-electron chi connectivity index (χ4n) is 3.45. The number of hydrogen-bond acceptors (Lipinski definition) is 7. The number of ether oxygens (including phenoxy) is 4. The Kier molecular flexibility index (Phi) is 8.98. The van der Waals surface area contributed by atoms with Crippen molar-refractivity contribution in [1.29, 1.82) is 0 Å². The zero-order chi connectivity index (χ0) is 25.4. The predicted octanol–water partition coefficient (Wildman–Crippen LogP) is 6.21. The van der Waals surface area contributed by atoms with Crippen LogP contribution < -0.4 is 14.2 Å². The molecule has 0 unspecified atom stereocenters. The van der Waals surface area contributed by atoms with Gasteiger partial charge in [-0.25, -0.2) is 9.78 Å². The molecule has 0 saturated heterocycles. The van der Waals surface area contributed by atoms with E-state index in [0.717, 1.165) is 26.8 Å². The smallest absolute Gasteiger partial charge is 0.410 e. The molecule has 0 N–H and O–H groups in total. The van der Waals surface area contributed by atoms with E-state index in [0.29, 0.717) is 37.6 Å². The number of methoxy groups -OCH3 is 2. The summed E-state index contributed by atoms with van der Waals surface area (Å²) in [4.78, 5) is 20.3. The molecule has 35 heavy (non-hydrogen) atoms. The van der Waals surface area contributed by atoms with Crippen LogP contribution in [-0.4, -0.2) is 48.9 Å². The second-order valence-electron chi connectivity index (χ2n) is 8.92. The van der Waals surface area contributed by atoms with Crippen molar-refractivity contribution in [2.75, 3.05) is 27.4 Å². The SMILES string of the molecule is CCOc1cccc(-c2cnc(CN(CCc3ccc(OC)c(OC)c3)C(=O)OC(C)(C)C)s2)c1. The highest BCUT2D eigenvalue weighted by Gasteiger charge is 2.23. The lowest BCUT2D eigenvalue weighted by atomic mass is 10.1. The number of nitrogens with zero attached hydrogens (tertiary/aromatic N) is 2. The third kappa shape index (κ3) is 7.62. The Morgan fingerprint density at radius 3 is 2.51 bits per heavy atom. The van der Waals surface area contributed by atoms with Crippen LogP contribution in [0.1, 0.15) is 38.3 Å². The van der Waals surface area contributed by atoms with Crippen LogP contribution in [0.4, 0.5) is 4.79 Å². The molecule has 3 rings (SSSR count). The van der Waals surface area contributed by atoms with E-state index in [4.69, 9.17) is 18.9 Å². The van der Waals surface area contributed by atoms with Gasteiger partial charge in [0.1, 0.15) is 16.4 Å². The van der Waals surface area contributed by atoms with E-state index in [1.807, 2.05) is 76.4 Å².